The average Bonchev–Trinajstić information content (AvgIpc) is 3.30. The van der Waals surface area contributed by atoms with E-state index in [9.17, 15) is 0 Å². The van der Waals surface area contributed by atoms with Gasteiger partial charge in [0.2, 0.25) is 0 Å². The van der Waals surface area contributed by atoms with Crippen LogP contribution in [0.25, 0.3) is 5.70 Å². The van der Waals surface area contributed by atoms with Crippen molar-refractivity contribution < 1.29 is 0 Å². The molecule has 0 bridgehead atoms. The van der Waals surface area contributed by atoms with Crippen LogP contribution >= 0.6 is 11.6 Å². The second-order valence-electron chi connectivity index (χ2n) is 7.59. The fourth-order valence-corrected chi connectivity index (χ4v) is 3.98. The number of halogens is 1. The molecule has 1 aliphatic rings. The first kappa shape index (κ1) is 20.0. The number of para-hydroxylation sites is 1. The number of nitrogens with zero attached hydrogens (tertiary/aromatic N) is 1. The van der Waals surface area contributed by atoms with Crippen molar-refractivity contribution in [3.8, 4) is 11.8 Å². The van der Waals surface area contributed by atoms with E-state index in [1.54, 1.807) is 0 Å². The smallest absolute Gasteiger partial charge is 0.0958 e. The van der Waals surface area contributed by atoms with Crippen LogP contribution in [0.2, 0.25) is 5.02 Å². The lowest BCUT2D eigenvalue weighted by Gasteiger charge is -2.27. The Kier molecular flexibility index (Phi) is 5.66. The summed E-state index contributed by atoms with van der Waals surface area (Å²) in [7, 11) is 0. The number of hydrazine groups is 1. The Bertz CT molecular complexity index is 1300. The molecule has 1 N–H and O–H groups in total. The minimum absolute atomic E-state index is 0.0312. The fraction of sp³-hybridized carbons (Fsp3) is 0.0345. The molecule has 2 nitrogen and oxygen atoms in total. The SMILES string of the molecule is Clc1cccc(C2C=C(c3ccc(C#Cc4ccccc4)cc3)NN2c2ccccc2)c1. The molecule has 154 valence electrons. The molecule has 1 unspecified atom stereocenters. The number of anilines is 1. The van der Waals surface area contributed by atoms with Gasteiger partial charge in [-0.3, -0.25) is 10.4 Å². The molecular weight excluding hydrogens is 412 g/mol. The number of rotatable bonds is 3. The van der Waals surface area contributed by atoms with Gasteiger partial charge in [-0.1, -0.05) is 84.1 Å². The molecule has 0 aromatic heterocycles. The number of hydrogen-bond donors (Lipinski definition) is 1. The summed E-state index contributed by atoms with van der Waals surface area (Å²) in [6.45, 7) is 0. The molecule has 1 heterocycles. The van der Waals surface area contributed by atoms with Gasteiger partial charge in [0.05, 0.1) is 17.4 Å². The zero-order valence-electron chi connectivity index (χ0n) is 17.4. The molecule has 0 saturated carbocycles. The summed E-state index contributed by atoms with van der Waals surface area (Å²) in [5.74, 6) is 6.45. The molecule has 0 spiro atoms. The van der Waals surface area contributed by atoms with Crippen molar-refractivity contribution in [2.75, 3.05) is 5.01 Å². The molecule has 3 heteroatoms. The van der Waals surface area contributed by atoms with Crippen molar-refractivity contribution in [1.29, 1.82) is 0 Å². The van der Waals surface area contributed by atoms with Crippen LogP contribution in [0.15, 0.2) is 115 Å². The van der Waals surface area contributed by atoms with Crippen molar-refractivity contribution in [2.45, 2.75) is 6.04 Å². The first-order valence-electron chi connectivity index (χ1n) is 10.5. The van der Waals surface area contributed by atoms with Gasteiger partial charge in [-0.05, 0) is 65.7 Å². The maximum absolute atomic E-state index is 6.29. The van der Waals surface area contributed by atoms with E-state index in [1.807, 2.05) is 66.7 Å². The summed E-state index contributed by atoms with van der Waals surface area (Å²) in [6.07, 6.45) is 2.24. The van der Waals surface area contributed by atoms with Crippen LogP contribution in [0.5, 0.6) is 0 Å². The van der Waals surface area contributed by atoms with Crippen LogP contribution in [0.3, 0.4) is 0 Å². The highest BCUT2D eigenvalue weighted by Gasteiger charge is 2.27. The van der Waals surface area contributed by atoms with Crippen molar-refractivity contribution >= 4 is 23.0 Å². The summed E-state index contributed by atoms with van der Waals surface area (Å²) < 4.78 is 0. The molecule has 4 aromatic carbocycles. The van der Waals surface area contributed by atoms with E-state index < -0.39 is 0 Å². The molecule has 0 fully saturated rings. The molecule has 32 heavy (non-hydrogen) atoms. The van der Waals surface area contributed by atoms with Gasteiger partial charge >= 0.3 is 0 Å². The zero-order chi connectivity index (χ0) is 21.8. The van der Waals surface area contributed by atoms with Gasteiger partial charge in [0.1, 0.15) is 0 Å². The molecular formula is C29H21ClN2. The number of benzene rings is 4. The molecule has 4 aromatic rings. The summed E-state index contributed by atoms with van der Waals surface area (Å²) in [6, 6.07) is 36.7. The summed E-state index contributed by atoms with van der Waals surface area (Å²) >= 11 is 6.29. The summed E-state index contributed by atoms with van der Waals surface area (Å²) in [5.41, 5.74) is 9.98. The Hall–Kier alpha value is -3.93. The lowest BCUT2D eigenvalue weighted by Crippen LogP contribution is -2.33. The molecule has 0 amide bonds. The second-order valence-corrected chi connectivity index (χ2v) is 8.03. The number of nitrogens with one attached hydrogen (secondary N) is 1. The molecule has 0 aliphatic carbocycles. The third-order valence-corrected chi connectivity index (χ3v) is 5.62. The Balaban J connectivity index is 1.44. The van der Waals surface area contributed by atoms with Crippen LogP contribution in [0.1, 0.15) is 28.3 Å². The minimum atomic E-state index is 0.0312. The van der Waals surface area contributed by atoms with E-state index in [2.05, 4.69) is 70.8 Å². The van der Waals surface area contributed by atoms with Crippen molar-refractivity contribution in [3.05, 3.63) is 143 Å². The van der Waals surface area contributed by atoms with Gasteiger partial charge in [-0.2, -0.15) is 0 Å². The second kappa shape index (κ2) is 9.06. The highest BCUT2D eigenvalue weighted by atomic mass is 35.5. The first-order chi connectivity index (χ1) is 15.8. The van der Waals surface area contributed by atoms with E-state index in [1.165, 1.54) is 0 Å². The Morgan fingerprint density at radius 2 is 1.34 bits per heavy atom. The standard InChI is InChI=1S/C29H21ClN2/c30-26-11-7-10-25(20-26)29-21-28(31-32(29)27-12-5-2-6-13-27)24-18-16-23(17-19-24)15-14-22-8-3-1-4-9-22/h1-13,16-21,29,31H. The molecule has 1 atom stereocenters. The number of hydrogen-bond acceptors (Lipinski definition) is 2. The summed E-state index contributed by atoms with van der Waals surface area (Å²) in [4.78, 5) is 0. The lowest BCUT2D eigenvalue weighted by molar-refractivity contribution is 0.724. The summed E-state index contributed by atoms with van der Waals surface area (Å²) in [5, 5.41) is 2.91. The van der Waals surface area contributed by atoms with E-state index in [0.29, 0.717) is 0 Å². The van der Waals surface area contributed by atoms with Crippen molar-refractivity contribution in [1.82, 2.24) is 5.43 Å². The van der Waals surface area contributed by atoms with E-state index in [-0.39, 0.29) is 6.04 Å². The minimum Gasteiger partial charge on any atom is -0.297 e. The predicted molar refractivity (Wildman–Crippen MR) is 133 cm³/mol. The highest BCUT2D eigenvalue weighted by Crippen LogP contribution is 2.35. The van der Waals surface area contributed by atoms with Gasteiger partial charge in [0.25, 0.3) is 0 Å². The predicted octanol–water partition coefficient (Wildman–Crippen LogP) is 6.85. The molecule has 5 rings (SSSR count). The average molecular weight is 433 g/mol. The quantitative estimate of drug-likeness (QED) is 0.356. The first-order valence-corrected chi connectivity index (χ1v) is 10.9. The topological polar surface area (TPSA) is 15.3 Å². The maximum Gasteiger partial charge on any atom is 0.0958 e. The van der Waals surface area contributed by atoms with Crippen molar-refractivity contribution in [3.63, 3.8) is 0 Å². The Labute approximate surface area is 193 Å². The molecule has 0 saturated heterocycles. The van der Waals surface area contributed by atoms with Gasteiger partial charge in [-0.15, -0.1) is 0 Å². The van der Waals surface area contributed by atoms with Crippen LogP contribution in [-0.4, -0.2) is 0 Å². The largest absolute Gasteiger partial charge is 0.297 e. The third-order valence-electron chi connectivity index (χ3n) is 5.39. The van der Waals surface area contributed by atoms with Crippen LogP contribution < -0.4 is 10.4 Å². The van der Waals surface area contributed by atoms with Crippen LogP contribution in [0.4, 0.5) is 5.69 Å². The van der Waals surface area contributed by atoms with Crippen molar-refractivity contribution in [2.24, 2.45) is 0 Å². The zero-order valence-corrected chi connectivity index (χ0v) is 18.1. The molecule has 1 aliphatic heterocycles. The lowest BCUT2D eigenvalue weighted by atomic mass is 10.0. The monoisotopic (exact) mass is 432 g/mol. The molecule has 0 radical (unpaired) electrons. The maximum atomic E-state index is 6.29. The van der Waals surface area contributed by atoms with E-state index >= 15 is 0 Å². The van der Waals surface area contributed by atoms with E-state index in [0.717, 1.165) is 38.7 Å². The normalized spacial score (nSPS) is 14.8. The fourth-order valence-electron chi connectivity index (χ4n) is 3.78. The van der Waals surface area contributed by atoms with E-state index in [4.69, 9.17) is 11.6 Å². The Morgan fingerprint density at radius 3 is 2.03 bits per heavy atom. The van der Waals surface area contributed by atoms with Crippen LogP contribution in [0, 0.1) is 11.8 Å². The van der Waals surface area contributed by atoms with Crippen LogP contribution in [-0.2, 0) is 0 Å². The van der Waals surface area contributed by atoms with Gasteiger partial charge in [-0.25, -0.2) is 0 Å². The Morgan fingerprint density at radius 1 is 0.688 bits per heavy atom. The van der Waals surface area contributed by atoms with Gasteiger partial charge in [0.15, 0.2) is 0 Å². The third kappa shape index (κ3) is 4.39. The highest BCUT2D eigenvalue weighted by molar-refractivity contribution is 6.30. The van der Waals surface area contributed by atoms with Gasteiger partial charge < -0.3 is 0 Å². The van der Waals surface area contributed by atoms with Gasteiger partial charge in [0, 0.05) is 16.1 Å².